The predicted octanol–water partition coefficient (Wildman–Crippen LogP) is 18.6. The maximum Gasteiger partial charge on any atom is 0.306 e. The Bertz CT molecular complexity index is 1240. The molecular weight excluding hydrogens is 817 g/mol. The van der Waals surface area contributed by atoms with E-state index in [0.29, 0.717) is 19.3 Å². The van der Waals surface area contributed by atoms with E-state index in [9.17, 15) is 14.4 Å². The number of carbonyl (C=O) groups is 3. The molecule has 0 saturated heterocycles. The molecule has 0 N–H and O–H groups in total. The van der Waals surface area contributed by atoms with Gasteiger partial charge in [0, 0.05) is 19.3 Å². The van der Waals surface area contributed by atoms with Crippen molar-refractivity contribution in [1.29, 1.82) is 0 Å². The van der Waals surface area contributed by atoms with Gasteiger partial charge in [0.05, 0.1) is 0 Å². The molecule has 1 atom stereocenters. The molecule has 0 aromatic heterocycles. The van der Waals surface area contributed by atoms with Crippen molar-refractivity contribution in [3.05, 3.63) is 72.9 Å². The van der Waals surface area contributed by atoms with E-state index >= 15 is 0 Å². The van der Waals surface area contributed by atoms with Gasteiger partial charge in [0.2, 0.25) is 0 Å². The van der Waals surface area contributed by atoms with E-state index in [2.05, 4.69) is 93.7 Å². The molecule has 0 heterocycles. The van der Waals surface area contributed by atoms with Crippen molar-refractivity contribution in [2.75, 3.05) is 13.2 Å². The number of ether oxygens (including phenoxy) is 3. The van der Waals surface area contributed by atoms with Gasteiger partial charge in [-0.1, -0.05) is 241 Å². The quantitative estimate of drug-likeness (QED) is 0.0199. The Hall–Kier alpha value is -3.15. The van der Waals surface area contributed by atoms with Gasteiger partial charge in [-0.2, -0.15) is 0 Å². The van der Waals surface area contributed by atoms with E-state index < -0.39 is 6.10 Å². The molecular formula is C60H104O6. The second-order valence-corrected chi connectivity index (χ2v) is 18.5. The summed E-state index contributed by atoms with van der Waals surface area (Å²) in [6.07, 6.45) is 68.9. The van der Waals surface area contributed by atoms with Crippen LogP contribution in [0.25, 0.3) is 0 Å². The van der Waals surface area contributed by atoms with Gasteiger partial charge in [0.15, 0.2) is 6.10 Å². The average molecular weight is 921 g/mol. The highest BCUT2D eigenvalue weighted by molar-refractivity contribution is 5.71. The van der Waals surface area contributed by atoms with Crippen LogP contribution in [0.3, 0.4) is 0 Å². The molecule has 380 valence electrons. The minimum absolute atomic E-state index is 0.0847. The lowest BCUT2D eigenvalue weighted by Gasteiger charge is -2.18. The van der Waals surface area contributed by atoms with Gasteiger partial charge in [-0.25, -0.2) is 0 Å². The SMILES string of the molecule is CC/C=C\C/C=C\C/C=C\C/C=C\CCCCCCCCC(=O)OCC(COC(=O)CCCCCCCCCCCCC)OC(=O)CCCCCCC/C=C\C=C/CCCCCCCCC. The minimum Gasteiger partial charge on any atom is -0.462 e. The van der Waals surface area contributed by atoms with E-state index in [0.717, 1.165) is 109 Å². The number of carbonyl (C=O) groups excluding carboxylic acids is 3. The summed E-state index contributed by atoms with van der Waals surface area (Å²) in [5.41, 5.74) is 0. The second-order valence-electron chi connectivity index (χ2n) is 18.5. The Morgan fingerprint density at radius 2 is 0.636 bits per heavy atom. The molecule has 6 nitrogen and oxygen atoms in total. The summed E-state index contributed by atoms with van der Waals surface area (Å²) in [5.74, 6) is -0.908. The summed E-state index contributed by atoms with van der Waals surface area (Å²) < 4.78 is 16.8. The van der Waals surface area contributed by atoms with E-state index in [1.54, 1.807) is 0 Å². The summed E-state index contributed by atoms with van der Waals surface area (Å²) in [5, 5.41) is 0. The third kappa shape index (κ3) is 51.8. The summed E-state index contributed by atoms with van der Waals surface area (Å²) in [6, 6.07) is 0. The van der Waals surface area contributed by atoms with Gasteiger partial charge in [0.1, 0.15) is 13.2 Å². The first-order valence-corrected chi connectivity index (χ1v) is 28.0. The van der Waals surface area contributed by atoms with Crippen molar-refractivity contribution in [3.63, 3.8) is 0 Å². The van der Waals surface area contributed by atoms with Crippen molar-refractivity contribution >= 4 is 17.9 Å². The minimum atomic E-state index is -0.788. The van der Waals surface area contributed by atoms with Crippen LogP contribution in [0.5, 0.6) is 0 Å². The first kappa shape index (κ1) is 62.8. The molecule has 0 saturated carbocycles. The Morgan fingerprint density at radius 3 is 1.02 bits per heavy atom. The molecule has 0 spiro atoms. The Kier molecular flexibility index (Phi) is 51.9. The molecule has 0 aromatic carbocycles. The van der Waals surface area contributed by atoms with Gasteiger partial charge in [-0.05, 0) is 83.5 Å². The van der Waals surface area contributed by atoms with Crippen LogP contribution < -0.4 is 0 Å². The Labute approximate surface area is 408 Å². The fourth-order valence-electron chi connectivity index (χ4n) is 7.78. The molecule has 0 fully saturated rings. The van der Waals surface area contributed by atoms with Crippen LogP contribution in [0.4, 0.5) is 0 Å². The lowest BCUT2D eigenvalue weighted by Crippen LogP contribution is -2.30. The third-order valence-electron chi connectivity index (χ3n) is 12.0. The zero-order valence-corrected chi connectivity index (χ0v) is 43.4. The normalized spacial score (nSPS) is 12.6. The summed E-state index contributed by atoms with van der Waals surface area (Å²) in [6.45, 7) is 6.50. The molecule has 1 unspecified atom stereocenters. The molecule has 0 bridgehead atoms. The number of esters is 3. The zero-order chi connectivity index (χ0) is 47.9. The highest BCUT2D eigenvalue weighted by Gasteiger charge is 2.19. The molecule has 0 aliphatic rings. The predicted molar refractivity (Wildman–Crippen MR) is 284 cm³/mol. The molecule has 6 heteroatoms. The lowest BCUT2D eigenvalue weighted by atomic mass is 10.1. The van der Waals surface area contributed by atoms with E-state index in [-0.39, 0.29) is 31.1 Å². The Balaban J connectivity index is 4.39. The summed E-state index contributed by atoms with van der Waals surface area (Å²) in [4.78, 5) is 38.1. The van der Waals surface area contributed by atoms with Gasteiger partial charge in [-0.3, -0.25) is 14.4 Å². The number of rotatable bonds is 50. The van der Waals surface area contributed by atoms with Gasteiger partial charge >= 0.3 is 17.9 Å². The fraction of sp³-hybridized carbons (Fsp3) is 0.750. The first-order chi connectivity index (χ1) is 32.5. The van der Waals surface area contributed by atoms with Crippen LogP contribution in [0.2, 0.25) is 0 Å². The monoisotopic (exact) mass is 921 g/mol. The van der Waals surface area contributed by atoms with E-state index in [1.807, 2.05) is 0 Å². The number of unbranched alkanes of at least 4 members (excludes halogenated alkanes) is 28. The smallest absolute Gasteiger partial charge is 0.306 e. The van der Waals surface area contributed by atoms with E-state index in [1.165, 1.54) is 122 Å². The third-order valence-corrected chi connectivity index (χ3v) is 12.0. The van der Waals surface area contributed by atoms with Crippen LogP contribution in [0.1, 0.15) is 271 Å². The maximum atomic E-state index is 12.8. The molecule has 0 aromatic rings. The number of hydrogen-bond acceptors (Lipinski definition) is 6. The van der Waals surface area contributed by atoms with Crippen molar-refractivity contribution in [2.24, 2.45) is 0 Å². The first-order valence-electron chi connectivity index (χ1n) is 28.0. The standard InChI is InChI=1S/C60H104O6/c1-4-7-10-13-16-19-22-24-26-28-30-32-33-35-38-41-44-47-50-53-59(62)65-56-57(55-64-58(61)52-49-46-43-40-37-21-18-15-12-9-6-3)66-60(63)54-51-48-45-42-39-36-34-31-29-27-25-23-20-17-14-11-8-5-2/h7,10,16,19,24,26-27,29-32,34,57H,4-6,8-9,11-15,17-18,20-23,25,28,33,35-56H2,1-3H3/b10-7-,19-16-,26-24-,29-27-,32-30-,34-31-. The van der Waals surface area contributed by atoms with Gasteiger partial charge < -0.3 is 14.2 Å². The molecule has 0 aliphatic heterocycles. The molecule has 0 amide bonds. The van der Waals surface area contributed by atoms with Crippen molar-refractivity contribution in [1.82, 2.24) is 0 Å². The number of allylic oxidation sites excluding steroid dienone is 12. The molecule has 0 rings (SSSR count). The van der Waals surface area contributed by atoms with Crippen LogP contribution in [-0.4, -0.2) is 37.2 Å². The highest BCUT2D eigenvalue weighted by atomic mass is 16.6. The van der Waals surface area contributed by atoms with Crippen LogP contribution in [0, 0.1) is 0 Å². The zero-order valence-electron chi connectivity index (χ0n) is 43.4. The van der Waals surface area contributed by atoms with Crippen LogP contribution in [0.15, 0.2) is 72.9 Å². The summed E-state index contributed by atoms with van der Waals surface area (Å²) in [7, 11) is 0. The van der Waals surface area contributed by atoms with E-state index in [4.69, 9.17) is 14.2 Å². The summed E-state index contributed by atoms with van der Waals surface area (Å²) >= 11 is 0. The van der Waals surface area contributed by atoms with Crippen molar-refractivity contribution < 1.29 is 28.6 Å². The van der Waals surface area contributed by atoms with Crippen molar-refractivity contribution in [2.45, 2.75) is 277 Å². The molecule has 0 aliphatic carbocycles. The maximum absolute atomic E-state index is 12.8. The highest BCUT2D eigenvalue weighted by Crippen LogP contribution is 2.15. The van der Waals surface area contributed by atoms with Crippen molar-refractivity contribution in [3.8, 4) is 0 Å². The molecule has 66 heavy (non-hydrogen) atoms. The largest absolute Gasteiger partial charge is 0.462 e. The fourth-order valence-corrected chi connectivity index (χ4v) is 7.78. The molecule has 0 radical (unpaired) electrons. The Morgan fingerprint density at radius 1 is 0.333 bits per heavy atom. The lowest BCUT2D eigenvalue weighted by molar-refractivity contribution is -0.167. The average Bonchev–Trinajstić information content (AvgIpc) is 3.31. The van der Waals surface area contributed by atoms with Crippen LogP contribution in [-0.2, 0) is 28.6 Å². The van der Waals surface area contributed by atoms with Gasteiger partial charge in [0.25, 0.3) is 0 Å². The van der Waals surface area contributed by atoms with Crippen LogP contribution >= 0.6 is 0 Å². The second kappa shape index (κ2) is 54.5. The topological polar surface area (TPSA) is 78.9 Å². The van der Waals surface area contributed by atoms with Gasteiger partial charge in [-0.15, -0.1) is 0 Å². The number of hydrogen-bond donors (Lipinski definition) is 0.